The highest BCUT2D eigenvalue weighted by atomic mass is 16.5. The molecule has 1 heterocycles. The molecule has 204 valence electrons. The second kappa shape index (κ2) is 11.8. The van der Waals surface area contributed by atoms with Crippen molar-refractivity contribution < 1.29 is 37.6 Å². The molecule has 9 nitrogen and oxygen atoms in total. The summed E-state index contributed by atoms with van der Waals surface area (Å²) in [4.78, 5) is 26.4. The van der Waals surface area contributed by atoms with Gasteiger partial charge in [-0.2, -0.15) is 0 Å². The van der Waals surface area contributed by atoms with E-state index in [-0.39, 0.29) is 17.4 Å². The first-order valence-corrected chi connectivity index (χ1v) is 12.0. The fourth-order valence-electron chi connectivity index (χ4n) is 4.70. The molecule has 1 atom stereocenters. The lowest BCUT2D eigenvalue weighted by Gasteiger charge is -2.24. The summed E-state index contributed by atoms with van der Waals surface area (Å²) < 4.78 is 38.8. The van der Waals surface area contributed by atoms with E-state index in [9.17, 15) is 9.59 Å². The van der Waals surface area contributed by atoms with E-state index in [0.29, 0.717) is 56.4 Å². The minimum absolute atomic E-state index is 0.0955. The number of esters is 1. The molecule has 0 fully saturated rings. The van der Waals surface area contributed by atoms with Gasteiger partial charge in [0, 0.05) is 17.0 Å². The van der Waals surface area contributed by atoms with Crippen LogP contribution in [0.2, 0.25) is 0 Å². The monoisotopic (exact) mass is 534 g/mol. The zero-order valence-corrected chi connectivity index (χ0v) is 22.7. The number of hydrogen-bond donors (Lipinski definition) is 0. The van der Waals surface area contributed by atoms with Crippen LogP contribution in [0.25, 0.3) is 22.1 Å². The van der Waals surface area contributed by atoms with E-state index in [2.05, 4.69) is 0 Å². The molecule has 0 aliphatic rings. The van der Waals surface area contributed by atoms with Gasteiger partial charge in [-0.25, -0.2) is 0 Å². The molecule has 1 aromatic heterocycles. The van der Waals surface area contributed by atoms with Crippen molar-refractivity contribution in [3.63, 3.8) is 0 Å². The Bertz CT molecular complexity index is 1540. The molecule has 0 bridgehead atoms. The normalized spacial score (nSPS) is 11.5. The van der Waals surface area contributed by atoms with Gasteiger partial charge in [0.1, 0.15) is 23.3 Å². The summed E-state index contributed by atoms with van der Waals surface area (Å²) in [6.45, 7) is 0. The third-order valence-electron chi connectivity index (χ3n) is 6.62. The van der Waals surface area contributed by atoms with Crippen molar-refractivity contribution in [1.82, 2.24) is 0 Å². The van der Waals surface area contributed by atoms with E-state index >= 15 is 0 Å². The lowest BCUT2D eigenvalue weighted by molar-refractivity contribution is -0.140. The average Bonchev–Trinajstić information content (AvgIpc) is 2.98. The molecular formula is C30H30O9. The minimum atomic E-state index is -0.694. The average molecular weight is 535 g/mol. The number of ether oxygens (including phenoxy) is 6. The van der Waals surface area contributed by atoms with Crippen molar-refractivity contribution in [3.8, 4) is 39.9 Å². The van der Waals surface area contributed by atoms with Crippen molar-refractivity contribution in [2.45, 2.75) is 12.3 Å². The Kier molecular flexibility index (Phi) is 8.29. The number of hydrogen-bond acceptors (Lipinski definition) is 9. The van der Waals surface area contributed by atoms with Gasteiger partial charge in [0.2, 0.25) is 11.2 Å². The van der Waals surface area contributed by atoms with Gasteiger partial charge in [0.15, 0.2) is 11.5 Å². The number of benzene rings is 3. The summed E-state index contributed by atoms with van der Waals surface area (Å²) in [5.74, 6) is 1.10. The summed E-state index contributed by atoms with van der Waals surface area (Å²) in [6.07, 6.45) is 1.32. The van der Waals surface area contributed by atoms with Crippen LogP contribution in [-0.2, 0) is 9.53 Å². The molecule has 0 saturated carbocycles. The highest BCUT2D eigenvalue weighted by Crippen LogP contribution is 2.48. The molecule has 4 rings (SSSR count). The number of methoxy groups -OCH3 is 6. The minimum Gasteiger partial charge on any atom is -0.497 e. The number of carbonyl (C=O) groups is 1. The van der Waals surface area contributed by atoms with E-state index in [1.807, 2.05) is 0 Å². The Morgan fingerprint density at radius 2 is 1.44 bits per heavy atom. The topological polar surface area (TPSA) is 103 Å². The predicted octanol–water partition coefficient (Wildman–Crippen LogP) is 5.20. The van der Waals surface area contributed by atoms with E-state index < -0.39 is 11.9 Å². The molecule has 0 radical (unpaired) electrons. The van der Waals surface area contributed by atoms with Gasteiger partial charge in [-0.15, -0.1) is 0 Å². The van der Waals surface area contributed by atoms with Crippen molar-refractivity contribution in [3.05, 3.63) is 76.1 Å². The van der Waals surface area contributed by atoms with Crippen molar-refractivity contribution >= 4 is 16.9 Å². The van der Waals surface area contributed by atoms with Gasteiger partial charge in [-0.1, -0.05) is 18.2 Å². The lowest BCUT2D eigenvalue weighted by atomic mass is 9.85. The first-order valence-electron chi connectivity index (χ1n) is 12.0. The maximum Gasteiger partial charge on any atom is 0.306 e. The fraction of sp³-hybridized carbons (Fsp3) is 0.267. The zero-order chi connectivity index (χ0) is 28.1. The number of carbonyl (C=O) groups excluding carboxylic acids is 1. The Balaban J connectivity index is 2.01. The van der Waals surface area contributed by atoms with Crippen LogP contribution in [0.15, 0.2) is 64.0 Å². The quantitative estimate of drug-likeness (QED) is 0.254. The van der Waals surface area contributed by atoms with Crippen LogP contribution in [0.5, 0.6) is 28.7 Å². The first-order chi connectivity index (χ1) is 18.9. The van der Waals surface area contributed by atoms with Crippen LogP contribution >= 0.6 is 0 Å². The lowest BCUT2D eigenvalue weighted by Crippen LogP contribution is -2.14. The van der Waals surface area contributed by atoms with Crippen LogP contribution in [0.3, 0.4) is 0 Å². The summed E-state index contributed by atoms with van der Waals surface area (Å²) >= 11 is 0. The molecule has 0 saturated heterocycles. The third kappa shape index (κ3) is 5.07. The van der Waals surface area contributed by atoms with Gasteiger partial charge in [0.25, 0.3) is 0 Å². The van der Waals surface area contributed by atoms with Crippen molar-refractivity contribution in [1.29, 1.82) is 0 Å². The summed E-state index contributed by atoms with van der Waals surface area (Å²) in [5.41, 5.74) is 2.19. The van der Waals surface area contributed by atoms with E-state index in [4.69, 9.17) is 32.8 Å². The molecule has 0 N–H and O–H groups in total. The van der Waals surface area contributed by atoms with Gasteiger partial charge >= 0.3 is 5.97 Å². The molecule has 0 spiro atoms. The van der Waals surface area contributed by atoms with Crippen molar-refractivity contribution in [2.24, 2.45) is 0 Å². The molecule has 0 amide bonds. The van der Waals surface area contributed by atoms with Gasteiger partial charge < -0.3 is 32.8 Å². The molecule has 39 heavy (non-hydrogen) atoms. The van der Waals surface area contributed by atoms with Crippen LogP contribution < -0.4 is 29.1 Å². The van der Waals surface area contributed by atoms with Crippen molar-refractivity contribution in [2.75, 3.05) is 42.7 Å². The molecule has 4 aromatic rings. The number of rotatable bonds is 10. The van der Waals surface area contributed by atoms with E-state index in [0.717, 1.165) is 0 Å². The molecule has 3 aromatic carbocycles. The third-order valence-corrected chi connectivity index (χ3v) is 6.62. The standard InChI is InChI=1S/C30H30O9/c1-33-18-9-7-17(8-10-18)22-16-39-28-20(27(22)32)12-13-23(34-2)26(28)21(15-25(31)36-4)19-11-14-24(35-3)30(38-6)29(19)37-5/h7-14,16,21H,15H2,1-6H3/t21-/m1/s1. The Hall–Kier alpha value is -4.66. The molecule has 9 heteroatoms. The summed E-state index contributed by atoms with van der Waals surface area (Å²) in [7, 11) is 8.91. The summed E-state index contributed by atoms with van der Waals surface area (Å²) in [6, 6.07) is 13.9. The molecule has 0 aliphatic heterocycles. The van der Waals surface area contributed by atoms with Crippen LogP contribution in [0.1, 0.15) is 23.5 Å². The largest absolute Gasteiger partial charge is 0.497 e. The van der Waals surface area contributed by atoms with E-state index in [1.165, 1.54) is 41.8 Å². The van der Waals surface area contributed by atoms with E-state index in [1.54, 1.807) is 55.6 Å². The maximum atomic E-state index is 13.7. The first kappa shape index (κ1) is 27.4. The van der Waals surface area contributed by atoms with Gasteiger partial charge in [-0.05, 0) is 35.9 Å². The highest BCUT2D eigenvalue weighted by molar-refractivity contribution is 5.88. The smallest absolute Gasteiger partial charge is 0.306 e. The molecular weight excluding hydrogens is 504 g/mol. The fourth-order valence-corrected chi connectivity index (χ4v) is 4.70. The second-order valence-electron chi connectivity index (χ2n) is 8.52. The van der Waals surface area contributed by atoms with Gasteiger partial charge in [-0.3, -0.25) is 9.59 Å². The Labute approximate surface area is 225 Å². The maximum absolute atomic E-state index is 13.7. The van der Waals surface area contributed by atoms with Gasteiger partial charge in [0.05, 0.1) is 60.0 Å². The Morgan fingerprint density at radius 3 is 2.03 bits per heavy atom. The number of fused-ring (bicyclic) bond motifs is 1. The van der Waals surface area contributed by atoms with Crippen LogP contribution in [0, 0.1) is 0 Å². The van der Waals surface area contributed by atoms with Crippen LogP contribution in [0.4, 0.5) is 0 Å². The zero-order valence-electron chi connectivity index (χ0n) is 22.7. The molecule has 0 unspecified atom stereocenters. The SMILES string of the molecule is COC(=O)C[C@H](c1ccc(OC)c(OC)c1OC)c1c(OC)ccc2c(=O)c(-c3ccc(OC)cc3)coc12. The van der Waals surface area contributed by atoms with Crippen LogP contribution in [-0.4, -0.2) is 48.6 Å². The molecule has 0 aliphatic carbocycles. The predicted molar refractivity (Wildman–Crippen MR) is 146 cm³/mol. The second-order valence-corrected chi connectivity index (χ2v) is 8.52. The summed E-state index contributed by atoms with van der Waals surface area (Å²) in [5, 5.41) is 0.327. The Morgan fingerprint density at radius 1 is 0.769 bits per heavy atom. The highest BCUT2D eigenvalue weighted by Gasteiger charge is 2.31.